The molecule has 0 aliphatic heterocycles. The number of hydrogen-bond acceptors (Lipinski definition) is 2. The summed E-state index contributed by atoms with van der Waals surface area (Å²) in [5.41, 5.74) is 7.09. The lowest BCUT2D eigenvalue weighted by Crippen LogP contribution is -1.95. The van der Waals surface area contributed by atoms with Gasteiger partial charge in [0.15, 0.2) is 0 Å². The SMILES string of the molecule is C=CCC(O)c1ccc(N)cc1. The van der Waals surface area contributed by atoms with Crippen LogP contribution in [0.4, 0.5) is 5.69 Å². The van der Waals surface area contributed by atoms with Gasteiger partial charge < -0.3 is 10.8 Å². The standard InChI is InChI=1S/C10H13NO/c1-2-3-10(12)8-4-6-9(11)7-5-8/h2,4-7,10,12H,1,3,11H2. The lowest BCUT2D eigenvalue weighted by Gasteiger charge is -2.07. The molecule has 0 aliphatic carbocycles. The minimum atomic E-state index is -0.455. The van der Waals surface area contributed by atoms with E-state index < -0.39 is 6.10 Å². The second-order valence-electron chi connectivity index (χ2n) is 2.71. The summed E-state index contributed by atoms with van der Waals surface area (Å²) in [5, 5.41) is 9.50. The quantitative estimate of drug-likeness (QED) is 0.528. The van der Waals surface area contributed by atoms with Crippen molar-refractivity contribution in [2.24, 2.45) is 0 Å². The Balaban J connectivity index is 2.74. The van der Waals surface area contributed by atoms with Gasteiger partial charge in [-0.1, -0.05) is 18.2 Å². The lowest BCUT2D eigenvalue weighted by molar-refractivity contribution is 0.181. The maximum Gasteiger partial charge on any atom is 0.0824 e. The van der Waals surface area contributed by atoms with Crippen molar-refractivity contribution in [2.75, 3.05) is 5.73 Å². The van der Waals surface area contributed by atoms with Crippen molar-refractivity contribution in [3.05, 3.63) is 42.5 Å². The molecule has 0 aromatic heterocycles. The Bertz CT molecular complexity index is 253. The van der Waals surface area contributed by atoms with Gasteiger partial charge in [-0.3, -0.25) is 0 Å². The van der Waals surface area contributed by atoms with Crippen LogP contribution in [0.1, 0.15) is 18.1 Å². The molecule has 1 unspecified atom stereocenters. The first kappa shape index (κ1) is 8.81. The van der Waals surface area contributed by atoms with Gasteiger partial charge >= 0.3 is 0 Å². The Labute approximate surface area is 72.3 Å². The Morgan fingerprint density at radius 2 is 2.00 bits per heavy atom. The van der Waals surface area contributed by atoms with Crippen molar-refractivity contribution in [1.29, 1.82) is 0 Å². The molecule has 0 bridgehead atoms. The third-order valence-corrected chi connectivity index (χ3v) is 1.71. The minimum absolute atomic E-state index is 0.455. The van der Waals surface area contributed by atoms with Crippen LogP contribution in [0.5, 0.6) is 0 Å². The van der Waals surface area contributed by atoms with E-state index in [-0.39, 0.29) is 0 Å². The zero-order valence-corrected chi connectivity index (χ0v) is 6.90. The van der Waals surface area contributed by atoms with E-state index in [2.05, 4.69) is 6.58 Å². The lowest BCUT2D eigenvalue weighted by atomic mass is 10.1. The molecule has 0 spiro atoms. The third kappa shape index (κ3) is 2.10. The number of aliphatic hydroxyl groups excluding tert-OH is 1. The van der Waals surface area contributed by atoms with Gasteiger partial charge in [0.2, 0.25) is 0 Å². The third-order valence-electron chi connectivity index (χ3n) is 1.71. The number of nitrogen functional groups attached to an aromatic ring is 1. The molecule has 1 aromatic rings. The van der Waals surface area contributed by atoms with Crippen LogP contribution in [-0.4, -0.2) is 5.11 Å². The molecule has 0 aliphatic rings. The number of hydrogen-bond donors (Lipinski definition) is 2. The molecule has 64 valence electrons. The second-order valence-corrected chi connectivity index (χ2v) is 2.71. The van der Waals surface area contributed by atoms with Crippen molar-refractivity contribution >= 4 is 5.69 Å². The van der Waals surface area contributed by atoms with Gasteiger partial charge in [0.1, 0.15) is 0 Å². The molecular weight excluding hydrogens is 150 g/mol. The zero-order valence-electron chi connectivity index (χ0n) is 6.90. The number of rotatable bonds is 3. The highest BCUT2D eigenvalue weighted by Gasteiger charge is 2.03. The van der Waals surface area contributed by atoms with E-state index in [1.807, 2.05) is 12.1 Å². The van der Waals surface area contributed by atoms with Crippen LogP contribution >= 0.6 is 0 Å². The molecule has 0 saturated heterocycles. The molecule has 1 rings (SSSR count). The highest BCUT2D eigenvalue weighted by molar-refractivity contribution is 5.39. The first-order valence-electron chi connectivity index (χ1n) is 3.88. The van der Waals surface area contributed by atoms with Crippen molar-refractivity contribution in [3.63, 3.8) is 0 Å². The first-order chi connectivity index (χ1) is 5.74. The summed E-state index contributed by atoms with van der Waals surface area (Å²) >= 11 is 0. The first-order valence-corrected chi connectivity index (χ1v) is 3.88. The molecule has 1 aromatic carbocycles. The van der Waals surface area contributed by atoms with Gasteiger partial charge in [-0.15, -0.1) is 6.58 Å². The predicted octanol–water partition coefficient (Wildman–Crippen LogP) is 1.88. The Hall–Kier alpha value is -1.28. The molecule has 0 heterocycles. The Kier molecular flexibility index (Phi) is 2.88. The fraction of sp³-hybridized carbons (Fsp3) is 0.200. The zero-order chi connectivity index (χ0) is 8.97. The molecule has 12 heavy (non-hydrogen) atoms. The molecule has 0 amide bonds. The average Bonchev–Trinajstić information content (AvgIpc) is 2.06. The number of nitrogens with two attached hydrogens (primary N) is 1. The predicted molar refractivity (Wildman–Crippen MR) is 50.6 cm³/mol. The van der Waals surface area contributed by atoms with Gasteiger partial charge in [-0.25, -0.2) is 0 Å². The van der Waals surface area contributed by atoms with E-state index in [0.717, 1.165) is 5.56 Å². The fourth-order valence-corrected chi connectivity index (χ4v) is 1.01. The largest absolute Gasteiger partial charge is 0.399 e. The summed E-state index contributed by atoms with van der Waals surface area (Å²) in [6, 6.07) is 7.20. The fourth-order valence-electron chi connectivity index (χ4n) is 1.01. The van der Waals surface area contributed by atoms with Crippen molar-refractivity contribution in [2.45, 2.75) is 12.5 Å². The van der Waals surface area contributed by atoms with E-state index >= 15 is 0 Å². The smallest absolute Gasteiger partial charge is 0.0824 e. The van der Waals surface area contributed by atoms with Crippen LogP contribution in [0.15, 0.2) is 36.9 Å². The average molecular weight is 163 g/mol. The van der Waals surface area contributed by atoms with Gasteiger partial charge in [-0.2, -0.15) is 0 Å². The van der Waals surface area contributed by atoms with E-state index in [9.17, 15) is 5.11 Å². The maximum atomic E-state index is 9.50. The monoisotopic (exact) mass is 163 g/mol. The molecular formula is C10H13NO. The number of aliphatic hydroxyl groups is 1. The number of benzene rings is 1. The van der Waals surface area contributed by atoms with Crippen LogP contribution in [0, 0.1) is 0 Å². The summed E-state index contributed by atoms with van der Waals surface area (Å²) in [5.74, 6) is 0. The van der Waals surface area contributed by atoms with Crippen LogP contribution in [-0.2, 0) is 0 Å². The highest BCUT2D eigenvalue weighted by atomic mass is 16.3. The molecule has 2 nitrogen and oxygen atoms in total. The van der Waals surface area contributed by atoms with Gasteiger partial charge in [0.05, 0.1) is 6.10 Å². The summed E-state index contributed by atoms with van der Waals surface area (Å²) < 4.78 is 0. The van der Waals surface area contributed by atoms with Crippen LogP contribution in [0.25, 0.3) is 0 Å². The highest BCUT2D eigenvalue weighted by Crippen LogP contribution is 2.17. The summed E-state index contributed by atoms with van der Waals surface area (Å²) in [6.45, 7) is 3.56. The number of anilines is 1. The van der Waals surface area contributed by atoms with Crippen LogP contribution in [0.3, 0.4) is 0 Å². The molecule has 1 atom stereocenters. The van der Waals surface area contributed by atoms with Crippen LogP contribution < -0.4 is 5.73 Å². The van der Waals surface area contributed by atoms with E-state index in [4.69, 9.17) is 5.73 Å². The molecule has 2 heteroatoms. The maximum absolute atomic E-state index is 9.50. The van der Waals surface area contributed by atoms with Crippen molar-refractivity contribution in [3.8, 4) is 0 Å². The normalized spacial score (nSPS) is 12.4. The van der Waals surface area contributed by atoms with Crippen LogP contribution in [0.2, 0.25) is 0 Å². The van der Waals surface area contributed by atoms with Crippen molar-refractivity contribution in [1.82, 2.24) is 0 Å². The molecule has 0 fully saturated rings. The summed E-state index contributed by atoms with van der Waals surface area (Å²) in [4.78, 5) is 0. The minimum Gasteiger partial charge on any atom is -0.399 e. The molecule has 0 saturated carbocycles. The second kappa shape index (κ2) is 3.93. The van der Waals surface area contributed by atoms with Gasteiger partial charge in [-0.05, 0) is 24.1 Å². The molecule has 0 radical (unpaired) electrons. The van der Waals surface area contributed by atoms with Gasteiger partial charge in [0, 0.05) is 5.69 Å². The van der Waals surface area contributed by atoms with E-state index in [1.54, 1.807) is 18.2 Å². The van der Waals surface area contributed by atoms with E-state index in [1.165, 1.54) is 0 Å². The Morgan fingerprint density at radius 3 is 2.50 bits per heavy atom. The molecule has 3 N–H and O–H groups in total. The van der Waals surface area contributed by atoms with Gasteiger partial charge in [0.25, 0.3) is 0 Å². The van der Waals surface area contributed by atoms with Crippen molar-refractivity contribution < 1.29 is 5.11 Å². The van der Waals surface area contributed by atoms with E-state index in [0.29, 0.717) is 12.1 Å². The Morgan fingerprint density at radius 1 is 1.42 bits per heavy atom. The summed E-state index contributed by atoms with van der Waals surface area (Å²) in [6.07, 6.45) is 1.81. The summed E-state index contributed by atoms with van der Waals surface area (Å²) in [7, 11) is 0. The topological polar surface area (TPSA) is 46.2 Å².